The quantitative estimate of drug-likeness (QED) is 0.222. The highest BCUT2D eigenvalue weighted by Crippen LogP contribution is 2.25. The molecular formula is C35H45N3O2. The highest BCUT2D eigenvalue weighted by molar-refractivity contribution is 5.96. The van der Waals surface area contributed by atoms with Gasteiger partial charge >= 0.3 is 6.03 Å². The van der Waals surface area contributed by atoms with Crippen LogP contribution < -0.4 is 16.0 Å². The summed E-state index contributed by atoms with van der Waals surface area (Å²) in [7, 11) is 0. The molecule has 3 N–H and O–H groups in total. The summed E-state index contributed by atoms with van der Waals surface area (Å²) in [5.74, 6) is 0.987. The Morgan fingerprint density at radius 2 is 1.65 bits per heavy atom. The van der Waals surface area contributed by atoms with E-state index in [0.29, 0.717) is 13.0 Å². The van der Waals surface area contributed by atoms with Gasteiger partial charge in [0.2, 0.25) is 0 Å². The molecule has 0 bridgehead atoms. The Balaban J connectivity index is 1.33. The molecule has 5 heteroatoms. The molecule has 1 saturated heterocycles. The van der Waals surface area contributed by atoms with Crippen molar-refractivity contribution in [3.8, 4) is 0 Å². The first-order chi connectivity index (χ1) is 19.3. The van der Waals surface area contributed by atoms with Gasteiger partial charge in [-0.3, -0.25) is 4.79 Å². The largest absolute Gasteiger partial charge is 0.334 e. The number of aryl methyl sites for hydroxylation is 4. The van der Waals surface area contributed by atoms with Crippen LogP contribution in [0, 0.1) is 26.7 Å². The highest BCUT2D eigenvalue weighted by atomic mass is 16.2. The van der Waals surface area contributed by atoms with Crippen LogP contribution in [0.5, 0.6) is 0 Å². The maximum atomic E-state index is 12.9. The van der Waals surface area contributed by atoms with Crippen molar-refractivity contribution < 1.29 is 9.59 Å². The summed E-state index contributed by atoms with van der Waals surface area (Å²) < 4.78 is 0. The number of rotatable bonds is 11. The Morgan fingerprint density at radius 1 is 0.875 bits per heavy atom. The van der Waals surface area contributed by atoms with E-state index in [0.717, 1.165) is 60.6 Å². The smallest absolute Gasteiger partial charge is 0.319 e. The molecule has 0 aromatic heterocycles. The number of piperidine rings is 1. The number of nitrogens with one attached hydrogen (secondary N) is 3. The summed E-state index contributed by atoms with van der Waals surface area (Å²) in [5.41, 5.74) is 9.96. The summed E-state index contributed by atoms with van der Waals surface area (Å²) in [4.78, 5) is 25.0. The molecule has 4 rings (SSSR count). The van der Waals surface area contributed by atoms with Crippen molar-refractivity contribution in [2.24, 2.45) is 5.92 Å². The van der Waals surface area contributed by atoms with E-state index < -0.39 is 0 Å². The average molecular weight is 540 g/mol. The van der Waals surface area contributed by atoms with Crippen LogP contribution in [0.25, 0.3) is 0 Å². The third kappa shape index (κ3) is 8.28. The van der Waals surface area contributed by atoms with Gasteiger partial charge in [-0.25, -0.2) is 4.79 Å². The van der Waals surface area contributed by atoms with E-state index in [4.69, 9.17) is 0 Å². The van der Waals surface area contributed by atoms with Gasteiger partial charge in [0, 0.05) is 24.2 Å². The zero-order valence-electron chi connectivity index (χ0n) is 24.7. The lowest BCUT2D eigenvalue weighted by Gasteiger charge is -2.22. The normalized spacial score (nSPS) is 13.7. The summed E-state index contributed by atoms with van der Waals surface area (Å²) in [6, 6.07) is 18.4. The van der Waals surface area contributed by atoms with Crippen molar-refractivity contribution in [1.29, 1.82) is 0 Å². The molecule has 0 unspecified atom stereocenters. The third-order valence-electron chi connectivity index (χ3n) is 8.31. The van der Waals surface area contributed by atoms with Crippen LogP contribution in [0.3, 0.4) is 0 Å². The van der Waals surface area contributed by atoms with Crippen molar-refractivity contribution in [1.82, 2.24) is 10.6 Å². The Bertz CT molecular complexity index is 1320. The van der Waals surface area contributed by atoms with Gasteiger partial charge < -0.3 is 16.0 Å². The van der Waals surface area contributed by atoms with Crippen molar-refractivity contribution in [3.05, 3.63) is 99.1 Å². The maximum Gasteiger partial charge on any atom is 0.319 e. The lowest BCUT2D eigenvalue weighted by Crippen LogP contribution is -2.29. The minimum atomic E-state index is -0.179. The predicted molar refractivity (Wildman–Crippen MR) is 165 cm³/mol. The molecule has 0 spiro atoms. The van der Waals surface area contributed by atoms with Crippen molar-refractivity contribution >= 4 is 17.5 Å². The first kappa shape index (κ1) is 29.5. The Labute approximate surface area is 240 Å². The monoisotopic (exact) mass is 539 g/mol. The van der Waals surface area contributed by atoms with E-state index in [1.807, 2.05) is 25.1 Å². The number of hydrogen-bond acceptors (Lipinski definition) is 3. The van der Waals surface area contributed by atoms with E-state index in [1.165, 1.54) is 47.1 Å². The molecule has 1 aliphatic heterocycles. The van der Waals surface area contributed by atoms with Crippen LogP contribution in [0.2, 0.25) is 0 Å². The van der Waals surface area contributed by atoms with Gasteiger partial charge in [-0.15, -0.1) is 0 Å². The zero-order chi connectivity index (χ0) is 28.5. The molecule has 1 heterocycles. The van der Waals surface area contributed by atoms with Crippen molar-refractivity contribution in [2.75, 3.05) is 18.4 Å². The summed E-state index contributed by atoms with van der Waals surface area (Å²) >= 11 is 0. The van der Waals surface area contributed by atoms with E-state index in [2.05, 4.69) is 73.1 Å². The third-order valence-corrected chi connectivity index (χ3v) is 8.31. The van der Waals surface area contributed by atoms with E-state index in [1.54, 1.807) is 0 Å². The van der Waals surface area contributed by atoms with Crippen LogP contribution in [-0.2, 0) is 19.4 Å². The number of benzene rings is 3. The number of amides is 2. The first-order valence-corrected chi connectivity index (χ1v) is 14.9. The highest BCUT2D eigenvalue weighted by Gasteiger charge is 2.14. The van der Waals surface area contributed by atoms with Gasteiger partial charge in [-0.05, 0) is 123 Å². The number of anilines is 1. The molecule has 40 heavy (non-hydrogen) atoms. The van der Waals surface area contributed by atoms with E-state index in [-0.39, 0.29) is 11.8 Å². The summed E-state index contributed by atoms with van der Waals surface area (Å²) in [6.07, 6.45) is 7.21. The summed E-state index contributed by atoms with van der Waals surface area (Å²) in [6.45, 7) is 11.0. The fourth-order valence-corrected chi connectivity index (χ4v) is 5.64. The molecule has 1 aliphatic rings. The zero-order valence-corrected chi connectivity index (χ0v) is 24.7. The lowest BCUT2D eigenvalue weighted by molar-refractivity contribution is 0.0988. The Kier molecular flexibility index (Phi) is 10.5. The van der Waals surface area contributed by atoms with Gasteiger partial charge in [-0.2, -0.15) is 0 Å². The van der Waals surface area contributed by atoms with Crippen molar-refractivity contribution in [2.45, 2.75) is 79.2 Å². The fourth-order valence-electron chi connectivity index (χ4n) is 5.64. The van der Waals surface area contributed by atoms with Crippen LogP contribution in [0.15, 0.2) is 54.6 Å². The molecule has 3 aromatic rings. The van der Waals surface area contributed by atoms with Gasteiger partial charge in [0.15, 0.2) is 5.78 Å². The number of hydrogen-bond donors (Lipinski definition) is 3. The number of carbonyl (C=O) groups excluding carboxylic acids is 2. The lowest BCUT2D eigenvalue weighted by atomic mass is 9.91. The second kappa shape index (κ2) is 14.3. The number of ketones is 1. The average Bonchev–Trinajstić information content (AvgIpc) is 2.96. The molecule has 0 radical (unpaired) electrons. The van der Waals surface area contributed by atoms with Crippen LogP contribution in [0.4, 0.5) is 10.5 Å². The molecule has 0 atom stereocenters. The molecule has 2 amide bonds. The Hall–Kier alpha value is -3.44. The maximum absolute atomic E-state index is 12.9. The molecule has 0 aliphatic carbocycles. The van der Waals surface area contributed by atoms with Crippen molar-refractivity contribution in [3.63, 3.8) is 0 Å². The van der Waals surface area contributed by atoms with Crippen LogP contribution >= 0.6 is 0 Å². The van der Waals surface area contributed by atoms with Crippen LogP contribution in [0.1, 0.15) is 88.3 Å². The van der Waals surface area contributed by atoms with Gasteiger partial charge in [0.25, 0.3) is 0 Å². The second-order valence-electron chi connectivity index (χ2n) is 11.4. The topological polar surface area (TPSA) is 70.2 Å². The van der Waals surface area contributed by atoms with E-state index in [9.17, 15) is 9.59 Å². The first-order valence-electron chi connectivity index (χ1n) is 14.9. The minimum absolute atomic E-state index is 0.170. The SMILES string of the molecule is CCC(=O)c1cccc(Cc2ccc(CNC(=O)Nc3cc(C)c(C)cc3CCCC3CCNCC3)cc2C)c1. The standard InChI is InChI=1S/C35H45N3O2/c1-5-34(39)32-11-7-9-28(22-32)21-30-13-12-29(18-26(30)4)23-37-35(40)38-33-20-25(3)24(2)19-31(33)10-6-8-27-14-16-36-17-15-27/h7,9,11-13,18-20,22,27,36H,5-6,8,10,14-17,21,23H2,1-4H3,(H2,37,38,40). The molecule has 212 valence electrons. The molecule has 3 aromatic carbocycles. The molecule has 0 saturated carbocycles. The van der Waals surface area contributed by atoms with Gasteiger partial charge in [-0.1, -0.05) is 55.8 Å². The molecular weight excluding hydrogens is 494 g/mol. The molecule has 5 nitrogen and oxygen atoms in total. The number of Topliss-reactive ketones (excluding diaryl/α,β-unsaturated/α-hetero) is 1. The second-order valence-corrected chi connectivity index (χ2v) is 11.4. The van der Waals surface area contributed by atoms with Gasteiger partial charge in [0.05, 0.1) is 0 Å². The Morgan fingerprint density at radius 3 is 2.40 bits per heavy atom. The van der Waals surface area contributed by atoms with Crippen LogP contribution in [-0.4, -0.2) is 24.9 Å². The van der Waals surface area contributed by atoms with Gasteiger partial charge in [0.1, 0.15) is 0 Å². The summed E-state index contributed by atoms with van der Waals surface area (Å²) in [5, 5.41) is 9.62. The molecule has 1 fully saturated rings. The minimum Gasteiger partial charge on any atom is -0.334 e. The number of carbonyl (C=O) groups is 2. The predicted octanol–water partition coefficient (Wildman–Crippen LogP) is 7.44. The number of urea groups is 1. The fraction of sp³-hybridized carbons (Fsp3) is 0.429. The van der Waals surface area contributed by atoms with E-state index >= 15 is 0 Å².